The van der Waals surface area contributed by atoms with Crippen LogP contribution in [0.25, 0.3) is 6.08 Å². The van der Waals surface area contributed by atoms with Crippen LogP contribution in [0, 0.1) is 0 Å². The number of carbonyl (C=O) groups is 3. The van der Waals surface area contributed by atoms with Crippen LogP contribution < -0.4 is 0 Å². The number of rotatable bonds is 6. The molecule has 0 aromatic heterocycles. The van der Waals surface area contributed by atoms with Crippen LogP contribution in [0.15, 0.2) is 46.9 Å². The molecule has 0 bridgehead atoms. The average Bonchev–Trinajstić information content (AvgIpc) is 2.83. The number of esters is 1. The number of hydrogen-bond acceptors (Lipinski definition) is 5. The van der Waals surface area contributed by atoms with Crippen molar-refractivity contribution in [3.8, 4) is 0 Å². The SMILES string of the molecule is CC[C@@H](C)OC(=O)CN1C(=O)S/C(=C/C(C)=C/c2ccccc2)C1=O. The molecule has 1 heterocycles. The molecule has 2 rings (SSSR count). The van der Waals surface area contributed by atoms with Crippen molar-refractivity contribution in [2.75, 3.05) is 6.54 Å². The summed E-state index contributed by atoms with van der Waals surface area (Å²) in [6, 6.07) is 9.68. The first kappa shape index (κ1) is 19.0. The normalized spacial score (nSPS) is 18.0. The van der Waals surface area contributed by atoms with Crippen LogP contribution in [0.4, 0.5) is 4.79 Å². The van der Waals surface area contributed by atoms with Gasteiger partial charge in [0.15, 0.2) is 0 Å². The molecule has 1 saturated heterocycles. The number of carbonyl (C=O) groups excluding carboxylic acids is 3. The van der Waals surface area contributed by atoms with Crippen molar-refractivity contribution in [3.05, 3.63) is 52.4 Å². The van der Waals surface area contributed by atoms with Gasteiger partial charge in [0.25, 0.3) is 11.1 Å². The summed E-state index contributed by atoms with van der Waals surface area (Å²) in [6.07, 6.45) is 4.03. The first-order valence-corrected chi connectivity index (χ1v) is 8.90. The van der Waals surface area contributed by atoms with E-state index in [1.807, 2.05) is 50.3 Å². The number of amides is 2. The van der Waals surface area contributed by atoms with Crippen LogP contribution >= 0.6 is 11.8 Å². The zero-order valence-corrected chi connectivity index (χ0v) is 15.3. The van der Waals surface area contributed by atoms with Crippen LogP contribution in [0.5, 0.6) is 0 Å². The summed E-state index contributed by atoms with van der Waals surface area (Å²) in [7, 11) is 0. The molecule has 0 radical (unpaired) electrons. The Bertz CT molecular complexity index is 724. The van der Waals surface area contributed by atoms with Gasteiger partial charge in [-0.05, 0) is 49.2 Å². The third-order valence-electron chi connectivity index (χ3n) is 3.62. The van der Waals surface area contributed by atoms with E-state index in [9.17, 15) is 14.4 Å². The molecule has 1 fully saturated rings. The Morgan fingerprint density at radius 1 is 1.28 bits per heavy atom. The number of benzene rings is 1. The largest absolute Gasteiger partial charge is 0.461 e. The number of hydrogen-bond donors (Lipinski definition) is 0. The summed E-state index contributed by atoms with van der Waals surface area (Å²) in [6.45, 7) is 5.16. The van der Waals surface area contributed by atoms with Crippen molar-refractivity contribution in [3.63, 3.8) is 0 Å². The molecule has 25 heavy (non-hydrogen) atoms. The topological polar surface area (TPSA) is 63.7 Å². The van der Waals surface area contributed by atoms with E-state index in [1.165, 1.54) is 0 Å². The number of ether oxygens (including phenoxy) is 1. The quantitative estimate of drug-likeness (QED) is 0.567. The predicted octanol–water partition coefficient (Wildman–Crippen LogP) is 4.01. The Kier molecular flexibility index (Phi) is 6.58. The molecule has 6 heteroatoms. The maximum atomic E-state index is 12.4. The highest BCUT2D eigenvalue weighted by atomic mass is 32.2. The summed E-state index contributed by atoms with van der Waals surface area (Å²) in [4.78, 5) is 37.5. The molecule has 1 aromatic rings. The van der Waals surface area contributed by atoms with Crippen LogP contribution in [-0.4, -0.2) is 34.7 Å². The number of allylic oxidation sites excluding steroid dienone is 2. The van der Waals surface area contributed by atoms with Gasteiger partial charge in [0.2, 0.25) is 0 Å². The first-order valence-electron chi connectivity index (χ1n) is 8.09. The molecule has 0 unspecified atom stereocenters. The minimum Gasteiger partial charge on any atom is -0.461 e. The molecule has 0 saturated carbocycles. The lowest BCUT2D eigenvalue weighted by Gasteiger charge is -2.14. The highest BCUT2D eigenvalue weighted by Gasteiger charge is 2.36. The maximum Gasteiger partial charge on any atom is 0.326 e. The Morgan fingerprint density at radius 3 is 2.60 bits per heavy atom. The fourth-order valence-electron chi connectivity index (χ4n) is 2.17. The van der Waals surface area contributed by atoms with Crippen molar-refractivity contribution in [1.29, 1.82) is 0 Å². The second-order valence-corrected chi connectivity index (χ2v) is 6.77. The lowest BCUT2D eigenvalue weighted by atomic mass is 10.1. The van der Waals surface area contributed by atoms with Crippen molar-refractivity contribution < 1.29 is 19.1 Å². The summed E-state index contributed by atoms with van der Waals surface area (Å²) in [5.41, 5.74) is 1.85. The third-order valence-corrected chi connectivity index (χ3v) is 4.53. The molecule has 0 aliphatic carbocycles. The van der Waals surface area contributed by atoms with Gasteiger partial charge in [-0.2, -0.15) is 0 Å². The zero-order valence-electron chi connectivity index (χ0n) is 14.5. The van der Waals surface area contributed by atoms with Gasteiger partial charge in [-0.1, -0.05) is 43.3 Å². The van der Waals surface area contributed by atoms with Gasteiger partial charge in [0.05, 0.1) is 11.0 Å². The first-order chi connectivity index (χ1) is 11.9. The molecule has 132 valence electrons. The van der Waals surface area contributed by atoms with E-state index in [1.54, 1.807) is 13.0 Å². The second-order valence-electron chi connectivity index (χ2n) is 5.78. The summed E-state index contributed by atoms with van der Waals surface area (Å²) in [5, 5.41) is -0.454. The fourth-order valence-corrected chi connectivity index (χ4v) is 3.06. The lowest BCUT2D eigenvalue weighted by molar-refractivity contribution is -0.150. The summed E-state index contributed by atoms with van der Waals surface area (Å²) >= 11 is 0.837. The van der Waals surface area contributed by atoms with E-state index in [4.69, 9.17) is 4.74 Å². The van der Waals surface area contributed by atoms with Crippen molar-refractivity contribution >= 4 is 35.0 Å². The van der Waals surface area contributed by atoms with Gasteiger partial charge < -0.3 is 4.74 Å². The number of imide groups is 1. The monoisotopic (exact) mass is 359 g/mol. The van der Waals surface area contributed by atoms with E-state index in [-0.39, 0.29) is 12.6 Å². The van der Waals surface area contributed by atoms with Crippen LogP contribution in [0.3, 0.4) is 0 Å². The molecular formula is C19H21NO4S. The van der Waals surface area contributed by atoms with Crippen LogP contribution in [0.2, 0.25) is 0 Å². The molecular weight excluding hydrogens is 338 g/mol. The standard InChI is InChI=1S/C19H21NO4S/c1-4-14(3)24-17(21)12-20-18(22)16(25-19(20)23)11-13(2)10-15-8-6-5-7-9-15/h5-11,14H,4,12H2,1-3H3/b13-10+,16-11+/t14-/m1/s1. The molecule has 2 amide bonds. The minimum atomic E-state index is -0.575. The molecule has 1 atom stereocenters. The van der Waals surface area contributed by atoms with Gasteiger partial charge in [-0.25, -0.2) is 0 Å². The maximum absolute atomic E-state index is 12.4. The fraction of sp³-hybridized carbons (Fsp3) is 0.316. The van der Waals surface area contributed by atoms with Gasteiger partial charge in [0, 0.05) is 0 Å². The molecule has 1 aromatic carbocycles. The van der Waals surface area contributed by atoms with Gasteiger partial charge in [-0.15, -0.1) is 0 Å². The Labute approximate surface area is 151 Å². The third kappa shape index (κ3) is 5.32. The Morgan fingerprint density at radius 2 is 1.96 bits per heavy atom. The van der Waals surface area contributed by atoms with E-state index >= 15 is 0 Å². The van der Waals surface area contributed by atoms with E-state index in [0.717, 1.165) is 27.8 Å². The van der Waals surface area contributed by atoms with Crippen LogP contribution in [0.1, 0.15) is 32.8 Å². The zero-order chi connectivity index (χ0) is 18.4. The lowest BCUT2D eigenvalue weighted by Crippen LogP contribution is -2.35. The van der Waals surface area contributed by atoms with E-state index < -0.39 is 17.1 Å². The summed E-state index contributed by atoms with van der Waals surface area (Å²) in [5.74, 6) is -1.04. The summed E-state index contributed by atoms with van der Waals surface area (Å²) < 4.78 is 5.13. The van der Waals surface area contributed by atoms with Gasteiger partial charge in [-0.3, -0.25) is 19.3 Å². The molecule has 0 N–H and O–H groups in total. The number of nitrogens with zero attached hydrogens (tertiary/aromatic N) is 1. The van der Waals surface area contributed by atoms with E-state index in [2.05, 4.69) is 0 Å². The smallest absolute Gasteiger partial charge is 0.326 e. The second kappa shape index (κ2) is 8.67. The molecule has 1 aliphatic rings. The predicted molar refractivity (Wildman–Crippen MR) is 98.7 cm³/mol. The number of thioether (sulfide) groups is 1. The average molecular weight is 359 g/mol. The van der Waals surface area contributed by atoms with Crippen LogP contribution in [-0.2, 0) is 14.3 Å². The van der Waals surface area contributed by atoms with Crippen molar-refractivity contribution in [2.24, 2.45) is 0 Å². The van der Waals surface area contributed by atoms with Gasteiger partial charge in [0.1, 0.15) is 6.54 Å². The molecule has 1 aliphatic heterocycles. The Balaban J connectivity index is 2.07. The van der Waals surface area contributed by atoms with Crippen molar-refractivity contribution in [1.82, 2.24) is 4.90 Å². The van der Waals surface area contributed by atoms with Gasteiger partial charge >= 0.3 is 5.97 Å². The molecule has 0 spiro atoms. The highest BCUT2D eigenvalue weighted by molar-refractivity contribution is 8.18. The molecule has 5 nitrogen and oxygen atoms in total. The van der Waals surface area contributed by atoms with Crippen molar-refractivity contribution in [2.45, 2.75) is 33.3 Å². The Hall–Kier alpha value is -2.34. The van der Waals surface area contributed by atoms with E-state index in [0.29, 0.717) is 11.3 Å². The highest BCUT2D eigenvalue weighted by Crippen LogP contribution is 2.31. The minimum absolute atomic E-state index is 0.237.